The number of methoxy groups -OCH3 is 2. The molecule has 0 aliphatic carbocycles. The Morgan fingerprint density at radius 2 is 1.84 bits per heavy atom. The fourth-order valence-electron chi connectivity index (χ4n) is 2.28. The Morgan fingerprint density at radius 3 is 2.56 bits per heavy atom. The van der Waals surface area contributed by atoms with E-state index in [2.05, 4.69) is 4.99 Å². The number of aliphatic imine (C=N–C) groups is 1. The normalized spacial score (nSPS) is 15.1. The van der Waals surface area contributed by atoms with Crippen LogP contribution in [0.3, 0.4) is 0 Å². The van der Waals surface area contributed by atoms with E-state index in [-0.39, 0.29) is 11.6 Å². The van der Waals surface area contributed by atoms with Gasteiger partial charge in [-0.15, -0.1) is 0 Å². The van der Waals surface area contributed by atoms with Crippen LogP contribution in [0, 0.1) is 0 Å². The van der Waals surface area contributed by atoms with Gasteiger partial charge in [0.15, 0.2) is 17.2 Å². The van der Waals surface area contributed by atoms with Crippen molar-refractivity contribution in [1.29, 1.82) is 0 Å². The summed E-state index contributed by atoms with van der Waals surface area (Å²) >= 11 is 12.1. The Morgan fingerprint density at radius 1 is 1.08 bits per heavy atom. The SMILES string of the molecule is COc1ccc(C2=N/C(=C\c3cccc(Cl)c3Cl)C(=O)O2)cc1OC. The van der Waals surface area contributed by atoms with Crippen LogP contribution in [0.1, 0.15) is 11.1 Å². The van der Waals surface area contributed by atoms with Crippen molar-refractivity contribution in [2.24, 2.45) is 4.99 Å². The zero-order valence-electron chi connectivity index (χ0n) is 13.4. The first-order valence-corrected chi connectivity index (χ1v) is 7.98. The fourth-order valence-corrected chi connectivity index (χ4v) is 2.64. The zero-order valence-corrected chi connectivity index (χ0v) is 14.9. The Bertz CT molecular complexity index is 906. The summed E-state index contributed by atoms with van der Waals surface area (Å²) in [4.78, 5) is 16.3. The van der Waals surface area contributed by atoms with Crippen molar-refractivity contribution in [3.63, 3.8) is 0 Å². The van der Waals surface area contributed by atoms with Crippen LogP contribution in [0.25, 0.3) is 6.08 Å². The lowest BCUT2D eigenvalue weighted by atomic mass is 10.2. The second kappa shape index (κ2) is 7.17. The quantitative estimate of drug-likeness (QED) is 0.586. The Balaban J connectivity index is 1.98. The number of nitrogens with zero attached hydrogens (tertiary/aromatic N) is 1. The highest BCUT2D eigenvalue weighted by Gasteiger charge is 2.25. The molecule has 1 aliphatic heterocycles. The first kappa shape index (κ1) is 17.3. The first-order valence-electron chi connectivity index (χ1n) is 7.22. The molecule has 3 rings (SSSR count). The molecule has 5 nitrogen and oxygen atoms in total. The number of carbonyl (C=O) groups excluding carboxylic acids is 1. The van der Waals surface area contributed by atoms with Crippen molar-refractivity contribution in [3.8, 4) is 11.5 Å². The summed E-state index contributed by atoms with van der Waals surface area (Å²) in [7, 11) is 3.07. The predicted octanol–water partition coefficient (Wildman–Crippen LogP) is 4.36. The number of hydrogen-bond donors (Lipinski definition) is 0. The third-order valence-electron chi connectivity index (χ3n) is 3.52. The zero-order chi connectivity index (χ0) is 18.0. The molecule has 1 heterocycles. The third kappa shape index (κ3) is 3.48. The molecule has 7 heteroatoms. The minimum absolute atomic E-state index is 0.133. The van der Waals surface area contributed by atoms with Crippen LogP contribution in [0.4, 0.5) is 0 Å². The van der Waals surface area contributed by atoms with Gasteiger partial charge in [0.25, 0.3) is 0 Å². The molecule has 0 aromatic heterocycles. The smallest absolute Gasteiger partial charge is 0.363 e. The van der Waals surface area contributed by atoms with Gasteiger partial charge in [0, 0.05) is 5.56 Å². The topological polar surface area (TPSA) is 57.1 Å². The highest BCUT2D eigenvalue weighted by atomic mass is 35.5. The Kier molecular flexibility index (Phi) is 4.97. The molecule has 0 spiro atoms. The number of ether oxygens (including phenoxy) is 3. The van der Waals surface area contributed by atoms with E-state index < -0.39 is 5.97 Å². The summed E-state index contributed by atoms with van der Waals surface area (Å²) in [5, 5.41) is 0.741. The number of cyclic esters (lactones) is 1. The van der Waals surface area contributed by atoms with Gasteiger partial charge in [-0.25, -0.2) is 9.79 Å². The third-order valence-corrected chi connectivity index (χ3v) is 4.36. The highest BCUT2D eigenvalue weighted by Crippen LogP contribution is 2.31. The van der Waals surface area contributed by atoms with Gasteiger partial charge in [-0.05, 0) is 35.9 Å². The second-order valence-electron chi connectivity index (χ2n) is 5.05. The van der Waals surface area contributed by atoms with Gasteiger partial charge < -0.3 is 14.2 Å². The van der Waals surface area contributed by atoms with E-state index in [0.29, 0.717) is 32.7 Å². The molecule has 128 valence electrons. The maximum absolute atomic E-state index is 12.1. The van der Waals surface area contributed by atoms with Crippen molar-refractivity contribution in [1.82, 2.24) is 0 Å². The molecule has 2 aromatic rings. The molecule has 0 bridgehead atoms. The van der Waals surface area contributed by atoms with Gasteiger partial charge in [-0.2, -0.15) is 0 Å². The van der Waals surface area contributed by atoms with Crippen molar-refractivity contribution >= 4 is 41.1 Å². The van der Waals surface area contributed by atoms with Gasteiger partial charge in [-0.3, -0.25) is 0 Å². The van der Waals surface area contributed by atoms with Gasteiger partial charge in [0.2, 0.25) is 5.90 Å². The van der Waals surface area contributed by atoms with Gasteiger partial charge in [0.1, 0.15) is 0 Å². The van der Waals surface area contributed by atoms with Crippen molar-refractivity contribution in [3.05, 3.63) is 63.3 Å². The maximum Gasteiger partial charge on any atom is 0.363 e. The molecule has 0 saturated heterocycles. The molecule has 0 atom stereocenters. The van der Waals surface area contributed by atoms with E-state index in [4.69, 9.17) is 37.4 Å². The monoisotopic (exact) mass is 377 g/mol. The Labute approximate surface area is 154 Å². The van der Waals surface area contributed by atoms with Crippen molar-refractivity contribution < 1.29 is 19.0 Å². The predicted molar refractivity (Wildman–Crippen MR) is 96.6 cm³/mol. The molecule has 0 unspecified atom stereocenters. The minimum atomic E-state index is -0.569. The number of benzene rings is 2. The molecule has 25 heavy (non-hydrogen) atoms. The lowest BCUT2D eigenvalue weighted by Gasteiger charge is -2.08. The molecule has 0 N–H and O–H groups in total. The van der Waals surface area contributed by atoms with Crippen LogP contribution in [0.5, 0.6) is 11.5 Å². The molecular formula is C18H13Cl2NO4. The van der Waals surface area contributed by atoms with E-state index in [9.17, 15) is 4.79 Å². The molecule has 0 radical (unpaired) electrons. The molecule has 1 aliphatic rings. The summed E-state index contributed by atoms with van der Waals surface area (Å²) in [5.41, 5.74) is 1.30. The van der Waals surface area contributed by atoms with Gasteiger partial charge in [0.05, 0.1) is 24.3 Å². The van der Waals surface area contributed by atoms with E-state index in [1.54, 1.807) is 43.5 Å². The van der Waals surface area contributed by atoms with Gasteiger partial charge in [-0.1, -0.05) is 35.3 Å². The number of rotatable bonds is 4. The highest BCUT2D eigenvalue weighted by molar-refractivity contribution is 6.43. The molecule has 2 aromatic carbocycles. The summed E-state index contributed by atoms with van der Waals surface area (Å²) in [6.07, 6.45) is 1.53. The molecule has 0 amide bonds. The number of halogens is 2. The van der Waals surface area contributed by atoms with Gasteiger partial charge >= 0.3 is 5.97 Å². The standard InChI is InChI=1S/C18H13Cl2NO4/c1-23-14-7-6-11(9-15(14)24-2)17-21-13(18(22)25-17)8-10-4-3-5-12(19)16(10)20/h3-9H,1-2H3/b13-8-. The van der Waals surface area contributed by atoms with Crippen LogP contribution < -0.4 is 9.47 Å². The average Bonchev–Trinajstić information content (AvgIpc) is 2.99. The van der Waals surface area contributed by atoms with Crippen LogP contribution >= 0.6 is 23.2 Å². The minimum Gasteiger partial charge on any atom is -0.493 e. The van der Waals surface area contributed by atoms with E-state index >= 15 is 0 Å². The van der Waals surface area contributed by atoms with E-state index in [0.717, 1.165) is 0 Å². The van der Waals surface area contributed by atoms with Crippen LogP contribution in [0.2, 0.25) is 10.0 Å². The second-order valence-corrected chi connectivity index (χ2v) is 5.83. The largest absolute Gasteiger partial charge is 0.493 e. The van der Waals surface area contributed by atoms with Crippen LogP contribution in [-0.4, -0.2) is 26.1 Å². The maximum atomic E-state index is 12.1. The average molecular weight is 378 g/mol. The van der Waals surface area contributed by atoms with Crippen molar-refractivity contribution in [2.45, 2.75) is 0 Å². The lowest BCUT2D eigenvalue weighted by molar-refractivity contribution is -0.129. The summed E-state index contributed by atoms with van der Waals surface area (Å²) in [6.45, 7) is 0. The molecular weight excluding hydrogens is 365 g/mol. The lowest BCUT2D eigenvalue weighted by Crippen LogP contribution is -2.06. The molecule has 0 fully saturated rings. The van der Waals surface area contributed by atoms with Crippen molar-refractivity contribution in [2.75, 3.05) is 14.2 Å². The Hall–Kier alpha value is -2.50. The molecule has 0 saturated carbocycles. The number of hydrogen-bond acceptors (Lipinski definition) is 5. The van der Waals surface area contributed by atoms with E-state index in [1.165, 1.54) is 13.2 Å². The fraction of sp³-hybridized carbons (Fsp3) is 0.111. The summed E-state index contributed by atoms with van der Waals surface area (Å²) < 4.78 is 15.7. The number of carbonyl (C=O) groups is 1. The number of esters is 1. The summed E-state index contributed by atoms with van der Waals surface area (Å²) in [5.74, 6) is 0.683. The van der Waals surface area contributed by atoms with Crippen LogP contribution in [-0.2, 0) is 9.53 Å². The van der Waals surface area contributed by atoms with E-state index in [1.807, 2.05) is 0 Å². The van der Waals surface area contributed by atoms with Crippen LogP contribution in [0.15, 0.2) is 47.1 Å². The first-order chi connectivity index (χ1) is 12.0. The summed E-state index contributed by atoms with van der Waals surface area (Å²) in [6, 6.07) is 10.2.